The molecule has 0 radical (unpaired) electrons. The Labute approximate surface area is 155 Å². The number of rotatable bonds is 7. The first-order chi connectivity index (χ1) is 12.0. The summed E-state index contributed by atoms with van der Waals surface area (Å²) in [6, 6.07) is -0.0867. The van der Waals surface area contributed by atoms with E-state index in [1.807, 2.05) is 0 Å². The number of hydrogen-bond donors (Lipinski definition) is 4. The van der Waals surface area contributed by atoms with E-state index in [9.17, 15) is 9.59 Å². The number of aliphatic hydroxyl groups excluding tert-OH is 2. The zero-order chi connectivity index (χ0) is 20.0. The fourth-order valence-corrected chi connectivity index (χ4v) is 3.84. The molecule has 0 spiro atoms. The lowest BCUT2D eigenvalue weighted by atomic mass is 9.62. The van der Waals surface area contributed by atoms with Crippen LogP contribution in [0, 0.1) is 10.8 Å². The van der Waals surface area contributed by atoms with Crippen LogP contribution in [0.2, 0.25) is 0 Å². The number of carbonyl (C=O) groups excluding carboxylic acids is 2. The Morgan fingerprint density at radius 1 is 1.04 bits per heavy atom. The Balaban J connectivity index is 2.64. The minimum atomic E-state index is -0.558. The Bertz CT molecular complexity index is 484. The van der Waals surface area contributed by atoms with E-state index in [-0.39, 0.29) is 30.1 Å². The molecule has 1 fully saturated rings. The van der Waals surface area contributed by atoms with Gasteiger partial charge in [0.05, 0.1) is 13.2 Å². The van der Waals surface area contributed by atoms with E-state index in [0.717, 1.165) is 12.8 Å². The number of nitrogens with one attached hydrogen (secondary N) is 2. The van der Waals surface area contributed by atoms with Crippen molar-refractivity contribution in [2.24, 2.45) is 10.8 Å². The summed E-state index contributed by atoms with van der Waals surface area (Å²) in [6.45, 7) is 9.53. The zero-order valence-corrected chi connectivity index (χ0v) is 16.5. The van der Waals surface area contributed by atoms with Crippen molar-refractivity contribution < 1.29 is 29.3 Å². The highest BCUT2D eigenvalue weighted by Gasteiger charge is 2.42. The zero-order valence-electron chi connectivity index (χ0n) is 16.5. The monoisotopic (exact) mass is 374 g/mol. The van der Waals surface area contributed by atoms with E-state index < -0.39 is 24.4 Å². The second-order valence-corrected chi connectivity index (χ2v) is 8.55. The maximum Gasteiger partial charge on any atom is 0.407 e. The maximum atomic E-state index is 12.0. The molecule has 4 unspecified atom stereocenters. The third-order valence-corrected chi connectivity index (χ3v) is 4.56. The molecular weight excluding hydrogens is 340 g/mol. The fraction of sp³-hybridized carbons (Fsp3) is 0.889. The Hall–Kier alpha value is -1.54. The van der Waals surface area contributed by atoms with Gasteiger partial charge in [0.15, 0.2) is 0 Å². The van der Waals surface area contributed by atoms with Crippen LogP contribution in [-0.4, -0.2) is 60.4 Å². The summed E-state index contributed by atoms with van der Waals surface area (Å²) in [6.07, 6.45) is 0.172. The predicted molar refractivity (Wildman–Crippen MR) is 96.7 cm³/mol. The largest absolute Gasteiger partial charge is 0.444 e. The number of carbonyl (C=O) groups is 2. The molecule has 4 N–H and O–H groups in total. The van der Waals surface area contributed by atoms with Gasteiger partial charge in [-0.1, -0.05) is 20.8 Å². The smallest absolute Gasteiger partial charge is 0.407 e. The van der Waals surface area contributed by atoms with Crippen molar-refractivity contribution in [3.8, 4) is 0 Å². The van der Waals surface area contributed by atoms with Crippen molar-refractivity contribution in [1.82, 2.24) is 10.6 Å². The van der Waals surface area contributed by atoms with E-state index in [2.05, 4.69) is 31.4 Å². The van der Waals surface area contributed by atoms with Crippen LogP contribution in [-0.2, 0) is 9.47 Å². The van der Waals surface area contributed by atoms with Crippen LogP contribution >= 0.6 is 0 Å². The summed E-state index contributed by atoms with van der Waals surface area (Å²) in [5.74, 6) is 0. The first-order valence-corrected chi connectivity index (χ1v) is 9.12. The standard InChI is InChI=1S/C18H34N2O6/c1-12(8-21)25-15(23)19-11-18(5)7-14(6-17(3,4)10-18)20-16(24)26-13(2)9-22/h12-14,21-22H,6-11H2,1-5H3,(H,19,23)(H,20,24). The average Bonchev–Trinajstić information content (AvgIpc) is 2.50. The number of aliphatic hydroxyl groups is 2. The lowest BCUT2D eigenvalue weighted by molar-refractivity contribution is 0.0404. The van der Waals surface area contributed by atoms with Crippen LogP contribution in [0.25, 0.3) is 0 Å². The number of hydrogen-bond acceptors (Lipinski definition) is 6. The topological polar surface area (TPSA) is 117 Å². The van der Waals surface area contributed by atoms with Crippen molar-refractivity contribution in [1.29, 1.82) is 0 Å². The minimum absolute atomic E-state index is 0.0164. The molecule has 8 heteroatoms. The summed E-state index contributed by atoms with van der Waals surface area (Å²) < 4.78 is 10.1. The summed E-state index contributed by atoms with van der Waals surface area (Å²) >= 11 is 0. The normalized spacial score (nSPS) is 27.1. The van der Waals surface area contributed by atoms with E-state index >= 15 is 0 Å². The molecule has 152 valence electrons. The molecule has 0 aromatic carbocycles. The molecule has 2 amide bonds. The molecule has 1 rings (SSSR count). The highest BCUT2D eigenvalue weighted by molar-refractivity contribution is 5.68. The Morgan fingerprint density at radius 2 is 1.58 bits per heavy atom. The first kappa shape index (κ1) is 22.5. The number of amides is 2. The predicted octanol–water partition coefficient (Wildman–Crippen LogP) is 1.79. The van der Waals surface area contributed by atoms with Gasteiger partial charge in [0.25, 0.3) is 0 Å². The van der Waals surface area contributed by atoms with Gasteiger partial charge >= 0.3 is 12.2 Å². The van der Waals surface area contributed by atoms with E-state index in [4.69, 9.17) is 19.7 Å². The molecule has 0 aromatic heterocycles. The van der Waals surface area contributed by atoms with E-state index in [0.29, 0.717) is 13.0 Å². The van der Waals surface area contributed by atoms with Crippen LogP contribution in [0.3, 0.4) is 0 Å². The SMILES string of the molecule is CC(CO)OC(=O)NCC1(C)CC(NC(=O)OC(C)CO)CC(C)(C)C1. The molecule has 0 aliphatic heterocycles. The average molecular weight is 374 g/mol. The van der Waals surface area contributed by atoms with Crippen molar-refractivity contribution in [2.75, 3.05) is 19.8 Å². The minimum Gasteiger partial charge on any atom is -0.444 e. The van der Waals surface area contributed by atoms with Crippen molar-refractivity contribution in [2.45, 2.75) is 72.1 Å². The highest BCUT2D eigenvalue weighted by Crippen LogP contribution is 2.45. The summed E-state index contributed by atoms with van der Waals surface area (Å²) in [7, 11) is 0. The van der Waals surface area contributed by atoms with Crippen molar-refractivity contribution in [3.05, 3.63) is 0 Å². The van der Waals surface area contributed by atoms with Gasteiger partial charge in [0.1, 0.15) is 12.2 Å². The van der Waals surface area contributed by atoms with Crippen LogP contribution in [0.15, 0.2) is 0 Å². The van der Waals surface area contributed by atoms with Crippen LogP contribution < -0.4 is 10.6 Å². The molecule has 1 aliphatic rings. The van der Waals surface area contributed by atoms with Crippen molar-refractivity contribution in [3.63, 3.8) is 0 Å². The third-order valence-electron chi connectivity index (χ3n) is 4.56. The molecule has 0 saturated heterocycles. The molecule has 8 nitrogen and oxygen atoms in total. The second-order valence-electron chi connectivity index (χ2n) is 8.55. The second kappa shape index (κ2) is 9.41. The van der Waals surface area contributed by atoms with Crippen LogP contribution in [0.4, 0.5) is 9.59 Å². The number of alkyl carbamates (subject to hydrolysis) is 2. The van der Waals surface area contributed by atoms with Crippen LogP contribution in [0.5, 0.6) is 0 Å². The molecular formula is C18H34N2O6. The van der Waals surface area contributed by atoms with Gasteiger partial charge in [-0.3, -0.25) is 0 Å². The van der Waals surface area contributed by atoms with Gasteiger partial charge in [-0.15, -0.1) is 0 Å². The van der Waals surface area contributed by atoms with Gasteiger partial charge in [-0.25, -0.2) is 9.59 Å². The highest BCUT2D eigenvalue weighted by atomic mass is 16.6. The van der Waals surface area contributed by atoms with E-state index in [1.165, 1.54) is 0 Å². The summed E-state index contributed by atoms with van der Waals surface area (Å²) in [4.78, 5) is 23.8. The quantitative estimate of drug-likeness (QED) is 0.540. The fourth-order valence-electron chi connectivity index (χ4n) is 3.84. The molecule has 0 bridgehead atoms. The number of ether oxygens (including phenoxy) is 2. The molecule has 4 atom stereocenters. The van der Waals surface area contributed by atoms with Gasteiger partial charge in [-0.2, -0.15) is 0 Å². The summed E-state index contributed by atoms with van der Waals surface area (Å²) in [5.41, 5.74) is -0.235. The Morgan fingerprint density at radius 3 is 2.12 bits per heavy atom. The van der Waals surface area contributed by atoms with Gasteiger partial charge < -0.3 is 30.3 Å². The molecule has 1 aliphatic carbocycles. The molecule has 0 heterocycles. The lowest BCUT2D eigenvalue weighted by Crippen LogP contribution is -2.51. The van der Waals surface area contributed by atoms with Crippen LogP contribution in [0.1, 0.15) is 53.9 Å². The first-order valence-electron chi connectivity index (χ1n) is 9.12. The van der Waals surface area contributed by atoms with Crippen molar-refractivity contribution >= 4 is 12.2 Å². The maximum absolute atomic E-state index is 12.0. The molecule has 1 saturated carbocycles. The van der Waals surface area contributed by atoms with Gasteiger partial charge in [-0.05, 0) is 43.9 Å². The third kappa shape index (κ3) is 7.78. The molecule has 0 aromatic rings. The lowest BCUT2D eigenvalue weighted by Gasteiger charge is -2.46. The molecule has 26 heavy (non-hydrogen) atoms. The summed E-state index contributed by atoms with van der Waals surface area (Å²) in [5, 5.41) is 23.6. The van der Waals surface area contributed by atoms with Gasteiger partial charge in [0, 0.05) is 12.6 Å². The van der Waals surface area contributed by atoms with E-state index in [1.54, 1.807) is 13.8 Å². The van der Waals surface area contributed by atoms with Gasteiger partial charge in [0.2, 0.25) is 0 Å². The Kier molecular flexibility index (Phi) is 8.15.